The summed E-state index contributed by atoms with van der Waals surface area (Å²) in [6, 6.07) is 10.9. The number of carbonyl (C=O) groups excluding carboxylic acids is 5. The fourth-order valence-corrected chi connectivity index (χ4v) is 8.55. The molecular formula is C47H64F2N10O10S. The summed E-state index contributed by atoms with van der Waals surface area (Å²) < 4.78 is 56.9. The number of urea groups is 1. The number of halogens is 2. The molecule has 8 N–H and O–H groups in total. The molecule has 382 valence electrons. The molecule has 0 spiro atoms. The van der Waals surface area contributed by atoms with E-state index in [1.54, 1.807) is 30.3 Å². The van der Waals surface area contributed by atoms with Crippen LogP contribution in [0, 0.1) is 11.6 Å². The lowest BCUT2D eigenvalue weighted by Gasteiger charge is -2.16. The Morgan fingerprint density at radius 2 is 1.30 bits per heavy atom. The van der Waals surface area contributed by atoms with Crippen molar-refractivity contribution in [2.45, 2.75) is 68.7 Å². The highest BCUT2D eigenvalue weighted by Gasteiger charge is 2.42. The van der Waals surface area contributed by atoms with Gasteiger partial charge in [-0.1, -0.05) is 6.58 Å². The van der Waals surface area contributed by atoms with E-state index in [9.17, 15) is 32.8 Å². The molecule has 2 fully saturated rings. The van der Waals surface area contributed by atoms with Gasteiger partial charge in [0.1, 0.15) is 6.61 Å². The molecule has 23 heteroatoms. The number of nitrogens with one attached hydrogen (secondary N) is 8. The molecule has 3 aromatic rings. The van der Waals surface area contributed by atoms with Gasteiger partial charge in [0.25, 0.3) is 0 Å². The first-order chi connectivity index (χ1) is 34.1. The summed E-state index contributed by atoms with van der Waals surface area (Å²) in [5, 5.41) is 23.0. The van der Waals surface area contributed by atoms with Gasteiger partial charge in [-0.15, -0.1) is 0 Å². The van der Waals surface area contributed by atoms with Gasteiger partial charge in [-0.3, -0.25) is 19.2 Å². The second-order valence-electron chi connectivity index (χ2n) is 16.0. The molecule has 1 unspecified atom stereocenters. The zero-order chi connectivity index (χ0) is 49.8. The summed E-state index contributed by atoms with van der Waals surface area (Å²) in [5.41, 5.74) is 1.33. The van der Waals surface area contributed by atoms with Crippen LogP contribution in [0.1, 0.15) is 51.4 Å². The Kier molecular flexibility index (Phi) is 24.4. The van der Waals surface area contributed by atoms with E-state index in [4.69, 9.17) is 23.7 Å². The first-order valence-electron chi connectivity index (χ1n) is 23.4. The highest BCUT2D eigenvalue weighted by Crippen LogP contribution is 2.33. The average Bonchev–Trinajstić information content (AvgIpc) is 3.91. The van der Waals surface area contributed by atoms with Crippen molar-refractivity contribution in [3.05, 3.63) is 73.0 Å². The molecule has 3 heterocycles. The summed E-state index contributed by atoms with van der Waals surface area (Å²) >= 11 is 1.85. The number of anilines is 5. The van der Waals surface area contributed by atoms with E-state index >= 15 is 0 Å². The third-order valence-electron chi connectivity index (χ3n) is 10.5. The number of hydrogen-bond donors (Lipinski definition) is 8. The van der Waals surface area contributed by atoms with E-state index in [0.29, 0.717) is 101 Å². The SMILES string of the molecule is C=CC(=O)Nc1ccc(Nc2nc(Nc3ccc(OCCOCCNC(=O)CCCC(=O)NCCCOCCOCCOCCCNC(=O)CCCC4SC[C@@H]5NC(=O)N[C@H]45)c(F)c3)ncc2F)cc1. The Morgan fingerprint density at radius 3 is 1.97 bits per heavy atom. The van der Waals surface area contributed by atoms with Crippen LogP contribution >= 0.6 is 11.8 Å². The van der Waals surface area contributed by atoms with Crippen LogP contribution < -0.4 is 47.3 Å². The second kappa shape index (κ2) is 31.2. The van der Waals surface area contributed by atoms with Crippen molar-refractivity contribution in [2.24, 2.45) is 0 Å². The van der Waals surface area contributed by atoms with Crippen LogP contribution in [-0.4, -0.2) is 142 Å². The average molecular weight is 999 g/mol. The monoisotopic (exact) mass is 998 g/mol. The molecule has 2 saturated heterocycles. The predicted molar refractivity (Wildman–Crippen MR) is 260 cm³/mol. The summed E-state index contributed by atoms with van der Waals surface area (Å²) in [6.07, 6.45) is 6.45. The number of rotatable bonds is 35. The van der Waals surface area contributed by atoms with E-state index in [0.717, 1.165) is 30.9 Å². The largest absolute Gasteiger partial charge is 0.488 e. The van der Waals surface area contributed by atoms with Crippen LogP contribution in [-0.2, 0) is 38.1 Å². The predicted octanol–water partition coefficient (Wildman–Crippen LogP) is 4.45. The lowest BCUT2D eigenvalue weighted by Crippen LogP contribution is -2.37. The number of aromatic nitrogens is 2. The minimum Gasteiger partial charge on any atom is -0.488 e. The number of ether oxygens (including phenoxy) is 5. The third-order valence-corrected chi connectivity index (χ3v) is 12.1. The summed E-state index contributed by atoms with van der Waals surface area (Å²) in [6.45, 7) is 7.83. The topological polar surface area (TPSA) is 254 Å². The highest BCUT2D eigenvalue weighted by molar-refractivity contribution is 8.00. The van der Waals surface area contributed by atoms with E-state index in [1.165, 1.54) is 12.1 Å². The Balaban J connectivity index is 0.766. The van der Waals surface area contributed by atoms with Gasteiger partial charge in [0.05, 0.1) is 57.9 Å². The number of fused-ring (bicyclic) bond motifs is 1. The van der Waals surface area contributed by atoms with E-state index in [-0.39, 0.29) is 98.5 Å². The molecule has 3 atom stereocenters. The maximum Gasteiger partial charge on any atom is 0.315 e. The zero-order valence-electron chi connectivity index (χ0n) is 39.1. The maximum absolute atomic E-state index is 14.8. The summed E-state index contributed by atoms with van der Waals surface area (Å²) in [5.74, 6) is -1.24. The summed E-state index contributed by atoms with van der Waals surface area (Å²) in [7, 11) is 0. The quantitative estimate of drug-likeness (QED) is 0.0230. The molecule has 2 aromatic carbocycles. The van der Waals surface area contributed by atoms with Gasteiger partial charge in [0.15, 0.2) is 23.2 Å². The first kappa shape index (κ1) is 54.8. The Bertz CT molecular complexity index is 2150. The van der Waals surface area contributed by atoms with Crippen molar-refractivity contribution in [1.82, 2.24) is 36.6 Å². The fourth-order valence-electron chi connectivity index (χ4n) is 7.01. The van der Waals surface area contributed by atoms with Gasteiger partial charge in [-0.25, -0.2) is 18.6 Å². The van der Waals surface area contributed by atoms with E-state index < -0.39 is 11.6 Å². The van der Waals surface area contributed by atoms with Gasteiger partial charge in [0, 0.05) is 86.2 Å². The molecule has 2 aliphatic heterocycles. The molecule has 20 nitrogen and oxygen atoms in total. The number of hydrogen-bond acceptors (Lipinski definition) is 15. The second-order valence-corrected chi connectivity index (χ2v) is 17.3. The van der Waals surface area contributed by atoms with Crippen LogP contribution in [0.4, 0.5) is 42.4 Å². The van der Waals surface area contributed by atoms with Crippen LogP contribution in [0.3, 0.4) is 0 Å². The molecule has 6 amide bonds. The Labute approximate surface area is 410 Å². The minimum atomic E-state index is -0.713. The lowest BCUT2D eigenvalue weighted by atomic mass is 10.0. The maximum atomic E-state index is 14.8. The molecule has 0 radical (unpaired) electrons. The molecule has 0 aliphatic carbocycles. The van der Waals surface area contributed by atoms with Crippen LogP contribution in [0.5, 0.6) is 5.75 Å². The van der Waals surface area contributed by atoms with Gasteiger partial charge < -0.3 is 66.2 Å². The number of amides is 6. The van der Waals surface area contributed by atoms with Crippen molar-refractivity contribution in [3.8, 4) is 5.75 Å². The lowest BCUT2D eigenvalue weighted by molar-refractivity contribution is -0.123. The molecule has 2 aliphatic rings. The van der Waals surface area contributed by atoms with Crippen molar-refractivity contribution >= 4 is 70.3 Å². The number of nitrogens with zero attached hydrogens (tertiary/aromatic N) is 2. The third kappa shape index (κ3) is 20.8. The standard InChI is InChI=1S/C47H64F2N10O10S/c1-2-40(60)54-32-11-13-33(14-12-32)55-45-36(49)30-53-46(59-45)56-34-15-16-38(35(48)29-34)69-28-27-67-22-19-52-43(63)10-4-9-42(62)51-18-6-21-66-24-26-68-25-23-65-20-5-17-50-41(61)8-3-7-39-44-37(31-70-39)57-47(64)58-44/h2,11-16,29-30,37,39,44H,1,3-10,17-28,31H2,(H,50,61)(H,51,62)(H,52,63)(H,54,60)(H2,57,58,64)(H2,53,55,56,59)/t37-,39?,44-/m0/s1. The molecular weight excluding hydrogens is 935 g/mol. The molecule has 0 bridgehead atoms. The number of thioether (sulfide) groups is 1. The number of carbonyl (C=O) groups is 5. The Hall–Kier alpha value is -6.14. The van der Waals surface area contributed by atoms with Gasteiger partial charge in [0.2, 0.25) is 29.6 Å². The smallest absolute Gasteiger partial charge is 0.315 e. The summed E-state index contributed by atoms with van der Waals surface area (Å²) in [4.78, 5) is 67.5. The van der Waals surface area contributed by atoms with Crippen LogP contribution in [0.2, 0.25) is 0 Å². The highest BCUT2D eigenvalue weighted by atomic mass is 32.2. The molecule has 70 heavy (non-hydrogen) atoms. The Morgan fingerprint density at radius 1 is 0.700 bits per heavy atom. The molecule has 5 rings (SSSR count). The van der Waals surface area contributed by atoms with Gasteiger partial charge >= 0.3 is 6.03 Å². The van der Waals surface area contributed by atoms with E-state index in [1.807, 2.05) is 11.8 Å². The van der Waals surface area contributed by atoms with Crippen molar-refractivity contribution in [2.75, 3.05) is 101 Å². The minimum absolute atomic E-state index is 0.0101. The number of benzene rings is 2. The van der Waals surface area contributed by atoms with Crippen molar-refractivity contribution in [3.63, 3.8) is 0 Å². The first-order valence-corrected chi connectivity index (χ1v) is 24.4. The zero-order valence-corrected chi connectivity index (χ0v) is 39.9. The van der Waals surface area contributed by atoms with Gasteiger partial charge in [-0.05, 0) is 74.6 Å². The molecule has 0 saturated carbocycles. The van der Waals surface area contributed by atoms with E-state index in [2.05, 4.69) is 59.1 Å². The normalized spacial score (nSPS) is 15.8. The van der Waals surface area contributed by atoms with Crippen LogP contribution in [0.15, 0.2) is 61.3 Å². The fraction of sp³-hybridized carbons (Fsp3) is 0.511. The van der Waals surface area contributed by atoms with Crippen molar-refractivity contribution in [1.29, 1.82) is 0 Å². The molecule has 1 aromatic heterocycles. The van der Waals surface area contributed by atoms with Crippen molar-refractivity contribution < 1.29 is 56.4 Å². The van der Waals surface area contributed by atoms with Crippen LogP contribution in [0.25, 0.3) is 0 Å². The van der Waals surface area contributed by atoms with Gasteiger partial charge in [-0.2, -0.15) is 16.7 Å².